The molecule has 1 aliphatic heterocycles. The van der Waals surface area contributed by atoms with Crippen molar-refractivity contribution in [1.29, 1.82) is 0 Å². The van der Waals surface area contributed by atoms with E-state index in [2.05, 4.69) is 4.18 Å². The summed E-state index contributed by atoms with van der Waals surface area (Å²) in [5, 5.41) is 0. The van der Waals surface area contributed by atoms with Gasteiger partial charge in [0, 0.05) is 6.42 Å². The predicted molar refractivity (Wildman–Crippen MR) is 44.5 cm³/mol. The lowest BCUT2D eigenvalue weighted by Crippen LogP contribution is -2.28. The first-order valence-corrected chi connectivity index (χ1v) is 5.78. The molecular weight excluding hydrogens is 196 g/mol. The molecule has 0 radical (unpaired) electrons. The number of carbonyl (C=O) groups is 1. The summed E-state index contributed by atoms with van der Waals surface area (Å²) in [6.07, 6.45) is 0.807. The highest BCUT2D eigenvalue weighted by atomic mass is 32.2. The van der Waals surface area contributed by atoms with Gasteiger partial charge in [0.25, 0.3) is 10.1 Å². The number of esters is 1. The summed E-state index contributed by atoms with van der Waals surface area (Å²) < 4.78 is 30.9. The molecule has 0 saturated carbocycles. The van der Waals surface area contributed by atoms with Gasteiger partial charge in [0.05, 0.1) is 6.26 Å². The molecule has 1 rings (SSSR count). The third kappa shape index (κ3) is 3.31. The van der Waals surface area contributed by atoms with Crippen LogP contribution in [0.25, 0.3) is 0 Å². The zero-order valence-corrected chi connectivity index (χ0v) is 8.33. The molecule has 1 saturated heterocycles. The molecule has 0 amide bonds. The van der Waals surface area contributed by atoms with Crippen LogP contribution in [0.5, 0.6) is 0 Å². The zero-order valence-electron chi connectivity index (χ0n) is 7.52. The van der Waals surface area contributed by atoms with Crippen molar-refractivity contribution in [3.63, 3.8) is 0 Å². The third-order valence-corrected chi connectivity index (χ3v) is 2.42. The van der Waals surface area contributed by atoms with Crippen LogP contribution in [0.15, 0.2) is 0 Å². The Balaban J connectivity index is 2.49. The maximum Gasteiger partial charge on any atom is 0.306 e. The maximum atomic E-state index is 10.7. The summed E-state index contributed by atoms with van der Waals surface area (Å²) in [6, 6.07) is 0. The lowest BCUT2D eigenvalue weighted by molar-refractivity contribution is -0.144. The predicted octanol–water partition coefficient (Wildman–Crippen LogP) is 0.0567. The van der Waals surface area contributed by atoms with Gasteiger partial charge in [-0.15, -0.1) is 0 Å². The van der Waals surface area contributed by atoms with Crippen molar-refractivity contribution >= 4 is 16.1 Å². The summed E-state index contributed by atoms with van der Waals surface area (Å²) in [4.78, 5) is 10.7. The SMILES string of the molecule is C[C@@H](OS(C)(=O)=O)[C@H]1CCC(=O)O1. The van der Waals surface area contributed by atoms with Crippen LogP contribution in [-0.2, 0) is 23.8 Å². The second-order valence-electron chi connectivity index (χ2n) is 3.07. The Kier molecular flexibility index (Phi) is 2.92. The van der Waals surface area contributed by atoms with E-state index in [-0.39, 0.29) is 5.97 Å². The second-order valence-corrected chi connectivity index (χ2v) is 4.67. The Hall–Kier alpha value is -0.620. The monoisotopic (exact) mass is 208 g/mol. The molecule has 1 aliphatic rings. The molecule has 5 nitrogen and oxygen atoms in total. The van der Waals surface area contributed by atoms with Gasteiger partial charge in [-0.3, -0.25) is 8.98 Å². The zero-order chi connectivity index (χ0) is 10.1. The number of ether oxygens (including phenoxy) is 1. The Morgan fingerprint density at radius 1 is 1.62 bits per heavy atom. The normalized spacial score (nSPS) is 25.7. The number of hydrogen-bond acceptors (Lipinski definition) is 5. The van der Waals surface area contributed by atoms with Crippen LogP contribution in [0.3, 0.4) is 0 Å². The van der Waals surface area contributed by atoms with Gasteiger partial charge in [0.15, 0.2) is 0 Å². The first-order chi connectivity index (χ1) is 5.88. The molecule has 1 fully saturated rings. The van der Waals surface area contributed by atoms with Crippen molar-refractivity contribution in [1.82, 2.24) is 0 Å². The molecule has 2 atom stereocenters. The lowest BCUT2D eigenvalue weighted by Gasteiger charge is -2.16. The van der Waals surface area contributed by atoms with Crippen molar-refractivity contribution in [3.8, 4) is 0 Å². The number of cyclic esters (lactones) is 1. The number of hydrogen-bond donors (Lipinski definition) is 0. The Morgan fingerprint density at radius 3 is 2.62 bits per heavy atom. The first kappa shape index (κ1) is 10.5. The van der Waals surface area contributed by atoms with Crippen molar-refractivity contribution in [2.45, 2.75) is 32.0 Å². The summed E-state index contributed by atoms with van der Waals surface area (Å²) in [7, 11) is -3.47. The van der Waals surface area contributed by atoms with Crippen LogP contribution in [0, 0.1) is 0 Å². The standard InChI is InChI=1S/C7H12O5S/c1-5(12-13(2,9)10)6-3-4-7(8)11-6/h5-6H,3-4H2,1-2H3/t5-,6-/m1/s1. The van der Waals surface area contributed by atoms with E-state index >= 15 is 0 Å². The van der Waals surface area contributed by atoms with Gasteiger partial charge in [0.1, 0.15) is 12.2 Å². The first-order valence-electron chi connectivity index (χ1n) is 3.96. The van der Waals surface area contributed by atoms with Crippen LogP contribution in [0.2, 0.25) is 0 Å². The van der Waals surface area contributed by atoms with Gasteiger partial charge in [0.2, 0.25) is 0 Å². The van der Waals surface area contributed by atoms with Gasteiger partial charge < -0.3 is 4.74 Å². The lowest BCUT2D eigenvalue weighted by atomic mass is 10.2. The van der Waals surface area contributed by atoms with Crippen LogP contribution in [-0.4, -0.2) is 32.9 Å². The average molecular weight is 208 g/mol. The fourth-order valence-corrected chi connectivity index (χ4v) is 1.89. The molecule has 0 N–H and O–H groups in total. The highest BCUT2D eigenvalue weighted by Gasteiger charge is 2.30. The minimum absolute atomic E-state index is 0.297. The van der Waals surface area contributed by atoms with E-state index in [1.807, 2.05) is 0 Å². The van der Waals surface area contributed by atoms with Crippen molar-refractivity contribution in [2.24, 2.45) is 0 Å². The molecule has 76 valence electrons. The van der Waals surface area contributed by atoms with E-state index < -0.39 is 22.3 Å². The Labute approximate surface area is 77.1 Å². The fourth-order valence-electron chi connectivity index (χ4n) is 1.21. The summed E-state index contributed by atoms with van der Waals surface area (Å²) in [6.45, 7) is 1.57. The molecular formula is C7H12O5S. The smallest absolute Gasteiger partial charge is 0.306 e. The summed E-state index contributed by atoms with van der Waals surface area (Å²) in [5.41, 5.74) is 0. The quantitative estimate of drug-likeness (QED) is 0.484. The van der Waals surface area contributed by atoms with E-state index in [1.165, 1.54) is 0 Å². The molecule has 0 aliphatic carbocycles. The highest BCUT2D eigenvalue weighted by molar-refractivity contribution is 7.86. The molecule has 0 aromatic rings. The maximum absolute atomic E-state index is 10.7. The summed E-state index contributed by atoms with van der Waals surface area (Å²) in [5.74, 6) is -0.297. The van der Waals surface area contributed by atoms with Gasteiger partial charge in [-0.2, -0.15) is 8.42 Å². The van der Waals surface area contributed by atoms with Crippen LogP contribution in [0.4, 0.5) is 0 Å². The third-order valence-electron chi connectivity index (χ3n) is 1.77. The topological polar surface area (TPSA) is 69.7 Å². The van der Waals surface area contributed by atoms with Crippen molar-refractivity contribution in [2.75, 3.05) is 6.26 Å². The molecule has 0 spiro atoms. The van der Waals surface area contributed by atoms with Gasteiger partial charge >= 0.3 is 5.97 Å². The molecule has 13 heavy (non-hydrogen) atoms. The van der Waals surface area contributed by atoms with E-state index in [0.29, 0.717) is 12.8 Å². The fraction of sp³-hybridized carbons (Fsp3) is 0.857. The highest BCUT2D eigenvalue weighted by Crippen LogP contribution is 2.19. The van der Waals surface area contributed by atoms with E-state index in [4.69, 9.17) is 4.74 Å². The minimum Gasteiger partial charge on any atom is -0.460 e. The number of rotatable bonds is 3. The summed E-state index contributed by atoms with van der Waals surface area (Å²) >= 11 is 0. The van der Waals surface area contributed by atoms with E-state index in [0.717, 1.165) is 6.26 Å². The Morgan fingerprint density at radius 2 is 2.23 bits per heavy atom. The minimum atomic E-state index is -3.47. The van der Waals surface area contributed by atoms with Crippen molar-refractivity contribution < 1.29 is 22.1 Å². The molecule has 0 aromatic heterocycles. The largest absolute Gasteiger partial charge is 0.460 e. The molecule has 0 unspecified atom stereocenters. The van der Waals surface area contributed by atoms with Gasteiger partial charge in [-0.25, -0.2) is 0 Å². The molecule has 0 bridgehead atoms. The van der Waals surface area contributed by atoms with Gasteiger partial charge in [-0.05, 0) is 13.3 Å². The van der Waals surface area contributed by atoms with E-state index in [9.17, 15) is 13.2 Å². The van der Waals surface area contributed by atoms with Crippen LogP contribution < -0.4 is 0 Å². The van der Waals surface area contributed by atoms with Crippen molar-refractivity contribution in [3.05, 3.63) is 0 Å². The van der Waals surface area contributed by atoms with Gasteiger partial charge in [-0.1, -0.05) is 0 Å². The molecule has 1 heterocycles. The van der Waals surface area contributed by atoms with Crippen LogP contribution in [0.1, 0.15) is 19.8 Å². The van der Waals surface area contributed by atoms with Crippen LogP contribution >= 0.6 is 0 Å². The Bertz CT molecular complexity index is 294. The second kappa shape index (κ2) is 3.63. The van der Waals surface area contributed by atoms with E-state index in [1.54, 1.807) is 6.92 Å². The molecule has 0 aromatic carbocycles. The molecule has 6 heteroatoms. The average Bonchev–Trinajstić information content (AvgIpc) is 2.31. The number of carbonyl (C=O) groups excluding carboxylic acids is 1.